The van der Waals surface area contributed by atoms with Gasteiger partial charge in [-0.3, -0.25) is 24.6 Å². The third-order valence-corrected chi connectivity index (χ3v) is 6.31. The van der Waals surface area contributed by atoms with Gasteiger partial charge in [0.05, 0.1) is 22.1 Å². The van der Waals surface area contributed by atoms with Crippen LogP contribution < -0.4 is 4.90 Å². The van der Waals surface area contributed by atoms with Crippen molar-refractivity contribution in [3.63, 3.8) is 0 Å². The summed E-state index contributed by atoms with van der Waals surface area (Å²) in [6, 6.07) is 8.99. The fourth-order valence-corrected chi connectivity index (χ4v) is 4.60. The summed E-state index contributed by atoms with van der Waals surface area (Å²) in [6.45, 7) is 3.43. The minimum Gasteiger partial charge on any atom is -0.369 e. The number of thioether (sulfide) groups is 1. The Balaban J connectivity index is 1.56. The van der Waals surface area contributed by atoms with Crippen molar-refractivity contribution in [3.05, 3.63) is 73.9 Å². The van der Waals surface area contributed by atoms with Crippen molar-refractivity contribution in [2.45, 2.75) is 26.3 Å². The monoisotopic (exact) mass is 441 g/mol. The van der Waals surface area contributed by atoms with Gasteiger partial charge in [-0.1, -0.05) is 12.1 Å². The molecule has 2 aliphatic heterocycles. The third-order valence-electron chi connectivity index (χ3n) is 5.40. The normalized spacial score (nSPS) is 17.8. The molecule has 0 spiro atoms. The number of hydrogen-bond donors (Lipinski definition) is 0. The number of nitro groups is 1. The molecule has 7 nitrogen and oxygen atoms in total. The summed E-state index contributed by atoms with van der Waals surface area (Å²) in [5.41, 5.74) is 2.29. The van der Waals surface area contributed by atoms with Crippen molar-refractivity contribution in [2.75, 3.05) is 18.0 Å². The summed E-state index contributed by atoms with van der Waals surface area (Å²) in [7, 11) is 0. The molecular weight excluding hydrogens is 421 g/mol. The highest BCUT2D eigenvalue weighted by molar-refractivity contribution is 8.18. The second-order valence-corrected chi connectivity index (χ2v) is 8.54. The van der Waals surface area contributed by atoms with Crippen LogP contribution in [0.2, 0.25) is 0 Å². The van der Waals surface area contributed by atoms with Crippen molar-refractivity contribution in [1.82, 2.24) is 4.90 Å². The molecule has 4 rings (SSSR count). The summed E-state index contributed by atoms with van der Waals surface area (Å²) in [5, 5.41) is 10.5. The molecule has 9 heteroatoms. The third kappa shape index (κ3) is 4.32. The van der Waals surface area contributed by atoms with E-state index in [1.807, 2.05) is 11.8 Å². The summed E-state index contributed by atoms with van der Waals surface area (Å²) in [5.74, 6) is -0.848. The Morgan fingerprint density at radius 2 is 1.94 bits per heavy atom. The number of hydrogen-bond acceptors (Lipinski definition) is 6. The predicted octanol–water partition coefficient (Wildman–Crippen LogP) is 4.88. The van der Waals surface area contributed by atoms with Crippen molar-refractivity contribution >= 4 is 40.4 Å². The highest BCUT2D eigenvalue weighted by atomic mass is 32.2. The Kier molecular flexibility index (Phi) is 5.77. The lowest BCUT2D eigenvalue weighted by Crippen LogP contribution is -2.27. The number of aryl methyl sites for hydroxylation is 1. The van der Waals surface area contributed by atoms with Crippen LogP contribution >= 0.6 is 11.8 Å². The van der Waals surface area contributed by atoms with Crippen LogP contribution in [-0.4, -0.2) is 34.1 Å². The number of nitrogens with zero attached hydrogens (tertiary/aromatic N) is 3. The molecule has 2 aliphatic rings. The Bertz CT molecular complexity index is 1110. The molecule has 0 N–H and O–H groups in total. The molecule has 2 aromatic rings. The fourth-order valence-electron chi connectivity index (χ4n) is 3.77. The van der Waals surface area contributed by atoms with Gasteiger partial charge < -0.3 is 4.90 Å². The Hall–Kier alpha value is -3.20. The molecule has 0 atom stereocenters. The molecule has 0 aliphatic carbocycles. The summed E-state index contributed by atoms with van der Waals surface area (Å²) < 4.78 is 14.7. The number of carbonyl (C=O) groups excluding carboxylic acids is 2. The molecule has 0 radical (unpaired) electrons. The SMILES string of the molecule is Cc1cc(N2CCCC2)c(F)cc1/C=C1\SC(=O)N(Cc2cccc([N+](=O)[O-])c2)C1=O. The second-order valence-electron chi connectivity index (χ2n) is 7.55. The van der Waals surface area contributed by atoms with E-state index in [0.29, 0.717) is 16.8 Å². The molecule has 2 saturated heterocycles. The number of halogens is 1. The van der Waals surface area contributed by atoms with Gasteiger partial charge in [-0.25, -0.2) is 4.39 Å². The zero-order valence-electron chi connectivity index (χ0n) is 16.8. The highest BCUT2D eigenvalue weighted by Gasteiger charge is 2.35. The van der Waals surface area contributed by atoms with Gasteiger partial charge in [-0.05, 0) is 66.4 Å². The van der Waals surface area contributed by atoms with Gasteiger partial charge >= 0.3 is 0 Å². The van der Waals surface area contributed by atoms with E-state index in [9.17, 15) is 24.1 Å². The summed E-state index contributed by atoms with van der Waals surface area (Å²) in [6.07, 6.45) is 3.61. The first-order valence-electron chi connectivity index (χ1n) is 9.87. The average Bonchev–Trinajstić information content (AvgIpc) is 3.35. The summed E-state index contributed by atoms with van der Waals surface area (Å²) in [4.78, 5) is 38.9. The van der Waals surface area contributed by atoms with Gasteiger partial charge in [0.2, 0.25) is 0 Å². The zero-order chi connectivity index (χ0) is 22.1. The van der Waals surface area contributed by atoms with Crippen LogP contribution in [0.15, 0.2) is 41.3 Å². The van der Waals surface area contributed by atoms with Crippen LogP contribution in [0, 0.1) is 22.9 Å². The first-order chi connectivity index (χ1) is 14.8. The smallest absolute Gasteiger partial charge is 0.293 e. The van der Waals surface area contributed by atoms with E-state index in [0.717, 1.165) is 48.2 Å². The van der Waals surface area contributed by atoms with Crippen LogP contribution in [0.25, 0.3) is 6.08 Å². The minimum absolute atomic E-state index is 0.0646. The number of amides is 2. The van der Waals surface area contributed by atoms with Crippen LogP contribution in [0.3, 0.4) is 0 Å². The molecule has 0 bridgehead atoms. The molecule has 160 valence electrons. The van der Waals surface area contributed by atoms with Crippen molar-refractivity contribution < 1.29 is 18.9 Å². The minimum atomic E-state index is -0.527. The molecule has 2 aromatic carbocycles. The highest BCUT2D eigenvalue weighted by Crippen LogP contribution is 2.35. The summed E-state index contributed by atoms with van der Waals surface area (Å²) >= 11 is 0.782. The fraction of sp³-hybridized carbons (Fsp3) is 0.273. The van der Waals surface area contributed by atoms with Crippen LogP contribution in [0.5, 0.6) is 0 Å². The van der Waals surface area contributed by atoms with E-state index in [1.165, 1.54) is 30.3 Å². The molecule has 2 heterocycles. The number of anilines is 1. The maximum atomic E-state index is 14.7. The Labute approximate surface area is 182 Å². The van der Waals surface area contributed by atoms with Gasteiger partial charge in [0.25, 0.3) is 16.8 Å². The van der Waals surface area contributed by atoms with E-state index in [2.05, 4.69) is 0 Å². The standard InChI is InChI=1S/C22H20FN3O4S/c1-14-9-19(24-7-2-3-8-24)18(23)11-16(14)12-20-21(27)25(22(28)31-20)13-15-5-4-6-17(10-15)26(29)30/h4-6,9-12H,2-3,7-8,13H2,1H3/b20-12-. The molecule has 2 amide bonds. The topological polar surface area (TPSA) is 83.8 Å². The average molecular weight is 441 g/mol. The lowest BCUT2D eigenvalue weighted by atomic mass is 10.1. The maximum Gasteiger partial charge on any atom is 0.293 e. The quantitative estimate of drug-likeness (QED) is 0.374. The molecule has 2 fully saturated rings. The molecular formula is C22H20FN3O4S. The predicted molar refractivity (Wildman–Crippen MR) is 117 cm³/mol. The van der Waals surface area contributed by atoms with Gasteiger partial charge in [0.15, 0.2) is 0 Å². The lowest BCUT2D eigenvalue weighted by Gasteiger charge is -2.19. The number of nitro benzene ring substituents is 1. The number of non-ortho nitro benzene ring substituents is 1. The Morgan fingerprint density at radius 1 is 1.19 bits per heavy atom. The number of imide groups is 1. The van der Waals surface area contributed by atoms with Crippen molar-refractivity contribution in [2.24, 2.45) is 0 Å². The van der Waals surface area contributed by atoms with Crippen molar-refractivity contribution in [3.8, 4) is 0 Å². The van der Waals surface area contributed by atoms with E-state index in [4.69, 9.17) is 0 Å². The van der Waals surface area contributed by atoms with Gasteiger partial charge in [-0.2, -0.15) is 0 Å². The molecule has 31 heavy (non-hydrogen) atoms. The van der Waals surface area contributed by atoms with E-state index < -0.39 is 16.1 Å². The van der Waals surface area contributed by atoms with Crippen LogP contribution in [0.4, 0.5) is 20.6 Å². The second kappa shape index (κ2) is 8.50. The number of benzene rings is 2. The van der Waals surface area contributed by atoms with Gasteiger partial charge in [0, 0.05) is 25.2 Å². The lowest BCUT2D eigenvalue weighted by molar-refractivity contribution is -0.384. The first-order valence-corrected chi connectivity index (χ1v) is 10.7. The molecule has 0 aromatic heterocycles. The Morgan fingerprint density at radius 3 is 2.65 bits per heavy atom. The van der Waals surface area contributed by atoms with E-state index >= 15 is 0 Å². The number of rotatable bonds is 5. The van der Waals surface area contributed by atoms with Crippen LogP contribution in [0.1, 0.15) is 29.5 Å². The van der Waals surface area contributed by atoms with Gasteiger partial charge in [-0.15, -0.1) is 0 Å². The van der Waals surface area contributed by atoms with Gasteiger partial charge in [0.1, 0.15) is 5.82 Å². The number of carbonyl (C=O) groups is 2. The van der Waals surface area contributed by atoms with Crippen LogP contribution in [-0.2, 0) is 11.3 Å². The first kappa shape index (κ1) is 21.0. The molecule has 0 saturated carbocycles. The van der Waals surface area contributed by atoms with E-state index in [1.54, 1.807) is 12.1 Å². The van der Waals surface area contributed by atoms with Crippen molar-refractivity contribution in [1.29, 1.82) is 0 Å². The zero-order valence-corrected chi connectivity index (χ0v) is 17.7. The van der Waals surface area contributed by atoms with E-state index in [-0.39, 0.29) is 23.0 Å². The maximum absolute atomic E-state index is 14.7. The molecule has 0 unspecified atom stereocenters. The largest absolute Gasteiger partial charge is 0.369 e.